The van der Waals surface area contributed by atoms with Gasteiger partial charge in [0.15, 0.2) is 5.78 Å². The average Bonchev–Trinajstić information content (AvgIpc) is 2.64. The van der Waals surface area contributed by atoms with E-state index in [0.29, 0.717) is 11.1 Å². The molecule has 0 aliphatic carbocycles. The van der Waals surface area contributed by atoms with Crippen LogP contribution in [0.25, 0.3) is 0 Å². The maximum Gasteiger partial charge on any atom is 0.194 e. The summed E-state index contributed by atoms with van der Waals surface area (Å²) in [6, 6.07) is 13.7. The van der Waals surface area contributed by atoms with Gasteiger partial charge in [0.25, 0.3) is 0 Å². The van der Waals surface area contributed by atoms with Gasteiger partial charge in [-0.3, -0.25) is 4.79 Å². The maximum atomic E-state index is 12.8. The zero-order valence-corrected chi connectivity index (χ0v) is 16.5. The van der Waals surface area contributed by atoms with E-state index in [0.717, 1.165) is 42.4 Å². The molecule has 0 heterocycles. The van der Waals surface area contributed by atoms with Gasteiger partial charge in [0.2, 0.25) is 0 Å². The SMILES string of the molecule is CCN(CC)c1ccc(C(=O)c2ccc(N(CC)CC)cc2S)cc1. The fourth-order valence-electron chi connectivity index (χ4n) is 3.07. The summed E-state index contributed by atoms with van der Waals surface area (Å²) in [4.78, 5) is 18.1. The highest BCUT2D eigenvalue weighted by molar-refractivity contribution is 7.80. The molecular weight excluding hydrogens is 328 g/mol. The minimum Gasteiger partial charge on any atom is -0.372 e. The Labute approximate surface area is 157 Å². The molecule has 134 valence electrons. The summed E-state index contributed by atoms with van der Waals surface area (Å²) in [5.41, 5.74) is 3.59. The van der Waals surface area contributed by atoms with Crippen LogP contribution in [0.15, 0.2) is 47.4 Å². The Morgan fingerprint density at radius 3 is 1.76 bits per heavy atom. The van der Waals surface area contributed by atoms with Gasteiger partial charge < -0.3 is 9.80 Å². The predicted octanol–water partition coefficient (Wildman–Crippen LogP) is 4.90. The summed E-state index contributed by atoms with van der Waals surface area (Å²) >= 11 is 4.56. The van der Waals surface area contributed by atoms with E-state index in [2.05, 4.69) is 50.1 Å². The largest absolute Gasteiger partial charge is 0.372 e. The van der Waals surface area contributed by atoms with Crippen LogP contribution >= 0.6 is 12.6 Å². The topological polar surface area (TPSA) is 23.6 Å². The number of nitrogens with zero attached hydrogens (tertiary/aromatic N) is 2. The molecule has 2 aromatic carbocycles. The second-order valence-electron chi connectivity index (χ2n) is 5.92. The molecule has 0 spiro atoms. The second-order valence-corrected chi connectivity index (χ2v) is 6.40. The van der Waals surface area contributed by atoms with Gasteiger partial charge in [-0.05, 0) is 70.2 Å². The first-order valence-electron chi connectivity index (χ1n) is 9.03. The second kappa shape index (κ2) is 8.95. The number of anilines is 2. The van der Waals surface area contributed by atoms with E-state index >= 15 is 0 Å². The summed E-state index contributed by atoms with van der Waals surface area (Å²) in [5, 5.41) is 0. The average molecular weight is 357 g/mol. The van der Waals surface area contributed by atoms with Gasteiger partial charge in [-0.25, -0.2) is 0 Å². The highest BCUT2D eigenvalue weighted by atomic mass is 32.1. The number of thiol groups is 1. The van der Waals surface area contributed by atoms with Gasteiger partial charge in [0, 0.05) is 53.6 Å². The molecule has 2 aromatic rings. The van der Waals surface area contributed by atoms with Crippen LogP contribution in [0.5, 0.6) is 0 Å². The molecule has 3 nitrogen and oxygen atoms in total. The van der Waals surface area contributed by atoms with Crippen LogP contribution in [-0.4, -0.2) is 32.0 Å². The maximum absolute atomic E-state index is 12.8. The number of benzene rings is 2. The summed E-state index contributed by atoms with van der Waals surface area (Å²) < 4.78 is 0. The van der Waals surface area contributed by atoms with Gasteiger partial charge in [-0.15, -0.1) is 12.6 Å². The van der Waals surface area contributed by atoms with E-state index in [4.69, 9.17) is 0 Å². The Morgan fingerprint density at radius 1 is 0.800 bits per heavy atom. The van der Waals surface area contributed by atoms with Crippen LogP contribution in [0.4, 0.5) is 11.4 Å². The number of hydrogen-bond donors (Lipinski definition) is 1. The molecular formula is C21H28N2OS. The van der Waals surface area contributed by atoms with Crippen molar-refractivity contribution in [3.63, 3.8) is 0 Å². The number of rotatable bonds is 8. The van der Waals surface area contributed by atoms with E-state index < -0.39 is 0 Å². The molecule has 0 bridgehead atoms. The van der Waals surface area contributed by atoms with E-state index in [1.807, 2.05) is 42.5 Å². The Morgan fingerprint density at radius 2 is 1.28 bits per heavy atom. The zero-order valence-electron chi connectivity index (χ0n) is 15.6. The number of hydrogen-bond acceptors (Lipinski definition) is 4. The van der Waals surface area contributed by atoms with Crippen molar-refractivity contribution in [3.8, 4) is 0 Å². The fraction of sp³-hybridized carbons (Fsp3) is 0.381. The Hall–Kier alpha value is -1.94. The van der Waals surface area contributed by atoms with E-state index in [9.17, 15) is 4.79 Å². The van der Waals surface area contributed by atoms with Crippen LogP contribution in [-0.2, 0) is 0 Å². The van der Waals surface area contributed by atoms with Gasteiger partial charge >= 0.3 is 0 Å². The molecule has 2 rings (SSSR count). The molecule has 0 N–H and O–H groups in total. The molecule has 0 aliphatic rings. The standard InChI is InChI=1S/C21H28N2OS/c1-5-22(6-2)17-11-9-16(10-12-17)21(24)19-14-13-18(15-20(19)25)23(7-3)8-4/h9-15,25H,5-8H2,1-4H3. The lowest BCUT2D eigenvalue weighted by atomic mass is 10.0. The van der Waals surface area contributed by atoms with Crippen LogP contribution in [0.1, 0.15) is 43.6 Å². The number of carbonyl (C=O) groups excluding carboxylic acids is 1. The van der Waals surface area contributed by atoms with Crippen molar-refractivity contribution in [2.24, 2.45) is 0 Å². The van der Waals surface area contributed by atoms with E-state index in [1.165, 1.54) is 0 Å². The van der Waals surface area contributed by atoms with E-state index in [1.54, 1.807) is 0 Å². The van der Waals surface area contributed by atoms with Crippen molar-refractivity contribution in [1.29, 1.82) is 0 Å². The third-order valence-electron chi connectivity index (χ3n) is 4.61. The first-order valence-corrected chi connectivity index (χ1v) is 9.47. The summed E-state index contributed by atoms with van der Waals surface area (Å²) in [6.07, 6.45) is 0. The number of ketones is 1. The number of carbonyl (C=O) groups is 1. The van der Waals surface area contributed by atoms with Crippen molar-refractivity contribution >= 4 is 29.8 Å². The minimum atomic E-state index is 0.0159. The molecule has 0 aliphatic heterocycles. The Balaban J connectivity index is 2.25. The normalized spacial score (nSPS) is 10.6. The Bertz CT molecular complexity index is 704. The molecule has 0 fully saturated rings. The molecule has 0 radical (unpaired) electrons. The fourth-order valence-corrected chi connectivity index (χ4v) is 3.37. The van der Waals surface area contributed by atoms with Crippen LogP contribution in [0.2, 0.25) is 0 Å². The molecule has 0 saturated carbocycles. The third kappa shape index (κ3) is 4.37. The van der Waals surface area contributed by atoms with Gasteiger partial charge in [0.05, 0.1) is 0 Å². The quantitative estimate of drug-likeness (QED) is 0.538. The lowest BCUT2D eigenvalue weighted by Gasteiger charge is -2.22. The summed E-state index contributed by atoms with van der Waals surface area (Å²) in [6.45, 7) is 12.3. The first kappa shape index (κ1) is 19.4. The van der Waals surface area contributed by atoms with Crippen LogP contribution in [0, 0.1) is 0 Å². The Kier molecular flexibility index (Phi) is 6.94. The first-order chi connectivity index (χ1) is 12.0. The predicted molar refractivity (Wildman–Crippen MR) is 111 cm³/mol. The lowest BCUT2D eigenvalue weighted by molar-refractivity contribution is 0.103. The monoisotopic (exact) mass is 356 g/mol. The zero-order chi connectivity index (χ0) is 18.4. The third-order valence-corrected chi connectivity index (χ3v) is 4.98. The van der Waals surface area contributed by atoms with Crippen molar-refractivity contribution in [1.82, 2.24) is 0 Å². The lowest BCUT2D eigenvalue weighted by Crippen LogP contribution is -2.22. The van der Waals surface area contributed by atoms with Crippen molar-refractivity contribution < 1.29 is 4.79 Å². The molecule has 0 aromatic heterocycles. The molecule has 0 amide bonds. The molecule has 4 heteroatoms. The van der Waals surface area contributed by atoms with Gasteiger partial charge in [-0.2, -0.15) is 0 Å². The van der Waals surface area contributed by atoms with Crippen molar-refractivity contribution in [2.45, 2.75) is 32.6 Å². The van der Waals surface area contributed by atoms with Gasteiger partial charge in [-0.1, -0.05) is 0 Å². The highest BCUT2D eigenvalue weighted by Gasteiger charge is 2.14. The van der Waals surface area contributed by atoms with Crippen LogP contribution in [0.3, 0.4) is 0 Å². The minimum absolute atomic E-state index is 0.0159. The molecule has 0 atom stereocenters. The molecule has 0 unspecified atom stereocenters. The smallest absolute Gasteiger partial charge is 0.194 e. The molecule has 25 heavy (non-hydrogen) atoms. The van der Waals surface area contributed by atoms with Crippen molar-refractivity contribution in [2.75, 3.05) is 36.0 Å². The van der Waals surface area contributed by atoms with Crippen LogP contribution < -0.4 is 9.80 Å². The van der Waals surface area contributed by atoms with Crippen molar-refractivity contribution in [3.05, 3.63) is 53.6 Å². The highest BCUT2D eigenvalue weighted by Crippen LogP contribution is 2.25. The van der Waals surface area contributed by atoms with Gasteiger partial charge in [0.1, 0.15) is 0 Å². The molecule has 0 saturated heterocycles. The summed E-state index contributed by atoms with van der Waals surface area (Å²) in [5.74, 6) is 0.0159. The summed E-state index contributed by atoms with van der Waals surface area (Å²) in [7, 11) is 0. The van der Waals surface area contributed by atoms with E-state index in [-0.39, 0.29) is 5.78 Å².